The van der Waals surface area contributed by atoms with Crippen LogP contribution in [-0.2, 0) is 6.54 Å². The first-order valence-electron chi connectivity index (χ1n) is 8.02. The number of benzene rings is 1. The molecule has 1 aliphatic heterocycles. The third kappa shape index (κ3) is 3.93. The molecular weight excluding hydrogens is 292 g/mol. The van der Waals surface area contributed by atoms with Crippen LogP contribution in [0.1, 0.15) is 31.4 Å². The number of unbranched alkanes of at least 4 members (excludes halogenated alkanes) is 1. The van der Waals surface area contributed by atoms with Gasteiger partial charge in [-0.3, -0.25) is 4.79 Å². The molecule has 1 aromatic heterocycles. The first-order chi connectivity index (χ1) is 11.2. The van der Waals surface area contributed by atoms with Gasteiger partial charge in [0.05, 0.1) is 0 Å². The van der Waals surface area contributed by atoms with Crippen molar-refractivity contribution in [2.24, 2.45) is 0 Å². The molecule has 0 bridgehead atoms. The second kappa shape index (κ2) is 7.33. The molecular formula is C18H22N2O3. The second-order valence-corrected chi connectivity index (χ2v) is 5.73. The van der Waals surface area contributed by atoms with Gasteiger partial charge in [0, 0.05) is 24.8 Å². The Kier molecular flexibility index (Phi) is 4.98. The predicted octanol–water partition coefficient (Wildman–Crippen LogP) is 2.71. The molecule has 3 rings (SSSR count). The molecule has 2 heterocycles. The van der Waals surface area contributed by atoms with Crippen LogP contribution in [0.15, 0.2) is 47.4 Å². The molecule has 1 unspecified atom stereocenters. The summed E-state index contributed by atoms with van der Waals surface area (Å²) < 4.78 is 12.5. The molecule has 122 valence electrons. The van der Waals surface area contributed by atoms with Crippen molar-refractivity contribution in [1.29, 1.82) is 0 Å². The van der Waals surface area contributed by atoms with Gasteiger partial charge in [-0.05, 0) is 50.1 Å². The van der Waals surface area contributed by atoms with E-state index >= 15 is 0 Å². The summed E-state index contributed by atoms with van der Waals surface area (Å²) in [6.07, 6.45) is 3.84. The highest BCUT2D eigenvalue weighted by Crippen LogP contribution is 2.34. The van der Waals surface area contributed by atoms with Crippen molar-refractivity contribution in [3.05, 3.63) is 58.5 Å². The van der Waals surface area contributed by atoms with Crippen molar-refractivity contribution < 1.29 is 9.47 Å². The van der Waals surface area contributed by atoms with Crippen molar-refractivity contribution in [3.8, 4) is 11.5 Å². The Morgan fingerprint density at radius 1 is 1.17 bits per heavy atom. The summed E-state index contributed by atoms with van der Waals surface area (Å²) in [6.45, 7) is 4.12. The number of hydrogen-bond donors (Lipinski definition) is 1. The van der Waals surface area contributed by atoms with Gasteiger partial charge in [-0.15, -0.1) is 0 Å². The smallest absolute Gasteiger partial charge is 0.250 e. The summed E-state index contributed by atoms with van der Waals surface area (Å²) >= 11 is 0. The highest BCUT2D eigenvalue weighted by atomic mass is 16.7. The Balaban J connectivity index is 1.42. The minimum atomic E-state index is 0.0641. The number of aromatic nitrogens is 1. The van der Waals surface area contributed by atoms with Crippen LogP contribution >= 0.6 is 0 Å². The van der Waals surface area contributed by atoms with Crippen molar-refractivity contribution in [3.63, 3.8) is 0 Å². The molecule has 5 heteroatoms. The van der Waals surface area contributed by atoms with Crippen LogP contribution in [0, 0.1) is 0 Å². The summed E-state index contributed by atoms with van der Waals surface area (Å²) in [4.78, 5) is 11.6. The van der Waals surface area contributed by atoms with Gasteiger partial charge in [0.15, 0.2) is 11.5 Å². The molecule has 5 nitrogen and oxygen atoms in total. The zero-order valence-electron chi connectivity index (χ0n) is 13.3. The van der Waals surface area contributed by atoms with Crippen LogP contribution in [0.3, 0.4) is 0 Å². The van der Waals surface area contributed by atoms with Gasteiger partial charge in [0.25, 0.3) is 0 Å². The van der Waals surface area contributed by atoms with E-state index in [1.54, 1.807) is 16.7 Å². The maximum absolute atomic E-state index is 11.6. The van der Waals surface area contributed by atoms with E-state index in [1.807, 2.05) is 24.4 Å². The van der Waals surface area contributed by atoms with Crippen LogP contribution in [0.4, 0.5) is 0 Å². The first kappa shape index (κ1) is 15.6. The largest absolute Gasteiger partial charge is 0.454 e. The van der Waals surface area contributed by atoms with Crippen molar-refractivity contribution in [2.75, 3.05) is 13.3 Å². The van der Waals surface area contributed by atoms with Crippen molar-refractivity contribution in [1.82, 2.24) is 9.88 Å². The number of fused-ring (bicyclic) bond motifs is 1. The lowest BCUT2D eigenvalue weighted by atomic mass is 10.1. The Morgan fingerprint density at radius 2 is 2.04 bits per heavy atom. The van der Waals surface area contributed by atoms with Crippen molar-refractivity contribution >= 4 is 0 Å². The van der Waals surface area contributed by atoms with Gasteiger partial charge in [-0.1, -0.05) is 12.1 Å². The standard InChI is InChI=1S/C18H22N2O3/c1-14(15-7-8-16-17(12-15)23-13-22-16)19-9-3-5-11-20-10-4-2-6-18(20)21/h2,4,6-8,10,12,14,19H,3,5,9,11,13H2,1H3. The number of rotatable bonds is 7. The SMILES string of the molecule is CC(NCCCCn1ccccc1=O)c1ccc2c(c1)OCO2. The number of aryl methyl sites for hydroxylation is 1. The molecule has 0 aliphatic carbocycles. The number of pyridine rings is 1. The average Bonchev–Trinajstić information content (AvgIpc) is 3.03. The van der Waals surface area contributed by atoms with Gasteiger partial charge in [-0.2, -0.15) is 0 Å². The van der Waals surface area contributed by atoms with Gasteiger partial charge < -0.3 is 19.4 Å². The molecule has 0 radical (unpaired) electrons. The van der Waals surface area contributed by atoms with Crippen LogP contribution in [0.25, 0.3) is 0 Å². The summed E-state index contributed by atoms with van der Waals surface area (Å²) in [7, 11) is 0. The zero-order valence-corrected chi connectivity index (χ0v) is 13.3. The Bertz CT molecular complexity index is 711. The summed E-state index contributed by atoms with van der Waals surface area (Å²) in [6, 6.07) is 11.6. The van der Waals surface area contributed by atoms with Gasteiger partial charge in [0.2, 0.25) is 12.4 Å². The Labute approximate surface area is 135 Å². The zero-order chi connectivity index (χ0) is 16.1. The molecule has 1 atom stereocenters. The van der Waals surface area contributed by atoms with E-state index in [2.05, 4.69) is 18.3 Å². The highest BCUT2D eigenvalue weighted by molar-refractivity contribution is 5.45. The maximum atomic E-state index is 11.6. The van der Waals surface area contributed by atoms with E-state index in [4.69, 9.17) is 9.47 Å². The third-order valence-corrected chi connectivity index (χ3v) is 4.07. The highest BCUT2D eigenvalue weighted by Gasteiger charge is 2.15. The monoisotopic (exact) mass is 314 g/mol. The van der Waals surface area contributed by atoms with Crippen LogP contribution in [-0.4, -0.2) is 17.9 Å². The summed E-state index contributed by atoms with van der Waals surface area (Å²) in [5.74, 6) is 1.63. The summed E-state index contributed by atoms with van der Waals surface area (Å²) in [5.41, 5.74) is 1.25. The van der Waals surface area contributed by atoms with Crippen LogP contribution < -0.4 is 20.3 Å². The fourth-order valence-electron chi connectivity index (χ4n) is 2.67. The Morgan fingerprint density at radius 3 is 2.91 bits per heavy atom. The molecule has 0 fully saturated rings. The molecule has 2 aromatic rings. The molecule has 1 aliphatic rings. The van der Waals surface area contributed by atoms with E-state index in [0.29, 0.717) is 6.79 Å². The average molecular weight is 314 g/mol. The maximum Gasteiger partial charge on any atom is 0.250 e. The number of ether oxygens (including phenoxy) is 2. The Hall–Kier alpha value is -2.27. The topological polar surface area (TPSA) is 52.5 Å². The van der Waals surface area contributed by atoms with Crippen LogP contribution in [0.2, 0.25) is 0 Å². The number of nitrogens with one attached hydrogen (secondary N) is 1. The fourth-order valence-corrected chi connectivity index (χ4v) is 2.67. The number of hydrogen-bond acceptors (Lipinski definition) is 4. The minimum Gasteiger partial charge on any atom is -0.454 e. The molecule has 1 N–H and O–H groups in total. The third-order valence-electron chi connectivity index (χ3n) is 4.07. The molecule has 1 aromatic carbocycles. The van der Waals surface area contributed by atoms with Crippen LogP contribution in [0.5, 0.6) is 11.5 Å². The number of nitrogens with zero attached hydrogens (tertiary/aromatic N) is 1. The van der Waals surface area contributed by atoms with E-state index in [1.165, 1.54) is 5.56 Å². The van der Waals surface area contributed by atoms with E-state index in [9.17, 15) is 4.79 Å². The normalized spacial score (nSPS) is 14.0. The lowest BCUT2D eigenvalue weighted by Gasteiger charge is -2.15. The quantitative estimate of drug-likeness (QED) is 0.798. The molecule has 0 saturated heterocycles. The van der Waals surface area contributed by atoms with Gasteiger partial charge in [0.1, 0.15) is 0 Å². The van der Waals surface area contributed by atoms with Gasteiger partial charge >= 0.3 is 0 Å². The minimum absolute atomic E-state index is 0.0641. The second-order valence-electron chi connectivity index (χ2n) is 5.73. The van der Waals surface area contributed by atoms with E-state index in [0.717, 1.165) is 37.4 Å². The molecule has 0 spiro atoms. The molecule has 0 amide bonds. The first-order valence-corrected chi connectivity index (χ1v) is 8.02. The fraction of sp³-hybridized carbons (Fsp3) is 0.389. The predicted molar refractivity (Wildman–Crippen MR) is 88.9 cm³/mol. The molecule has 0 saturated carbocycles. The van der Waals surface area contributed by atoms with E-state index < -0.39 is 0 Å². The molecule has 23 heavy (non-hydrogen) atoms. The lowest BCUT2D eigenvalue weighted by molar-refractivity contribution is 0.174. The lowest BCUT2D eigenvalue weighted by Crippen LogP contribution is -2.21. The van der Waals surface area contributed by atoms with Gasteiger partial charge in [-0.25, -0.2) is 0 Å². The van der Waals surface area contributed by atoms with E-state index in [-0.39, 0.29) is 11.6 Å². The van der Waals surface area contributed by atoms with Crippen molar-refractivity contribution in [2.45, 2.75) is 32.4 Å². The summed E-state index contributed by atoms with van der Waals surface area (Å²) in [5, 5.41) is 3.51.